The monoisotopic (exact) mass is 342 g/mol. The van der Waals surface area contributed by atoms with Crippen LogP contribution in [0.4, 0.5) is 0 Å². The zero-order valence-corrected chi connectivity index (χ0v) is 14.1. The van der Waals surface area contributed by atoms with Crippen LogP contribution in [0.2, 0.25) is 0 Å². The molecular formula is C20H22O5. The smallest absolute Gasteiger partial charge is 0.339 e. The summed E-state index contributed by atoms with van der Waals surface area (Å²) in [6.45, 7) is 2.08. The molecule has 0 aliphatic heterocycles. The van der Waals surface area contributed by atoms with E-state index in [4.69, 9.17) is 4.74 Å². The molecule has 1 unspecified atom stereocenters. The highest BCUT2D eigenvalue weighted by Gasteiger charge is 2.19. The molecule has 2 rings (SSSR count). The van der Waals surface area contributed by atoms with Crippen molar-refractivity contribution in [3.05, 3.63) is 59.7 Å². The van der Waals surface area contributed by atoms with E-state index in [2.05, 4.69) is 6.92 Å². The molecule has 2 aromatic rings. The molecule has 0 heterocycles. The molecule has 0 amide bonds. The van der Waals surface area contributed by atoms with Crippen molar-refractivity contribution in [1.82, 2.24) is 0 Å². The number of para-hydroxylation sites is 1. The molecule has 5 heteroatoms. The van der Waals surface area contributed by atoms with Gasteiger partial charge in [-0.25, -0.2) is 4.79 Å². The lowest BCUT2D eigenvalue weighted by atomic mass is 9.93. The van der Waals surface area contributed by atoms with Gasteiger partial charge in [-0.1, -0.05) is 50.5 Å². The molecule has 5 nitrogen and oxygen atoms in total. The lowest BCUT2D eigenvalue weighted by molar-refractivity contribution is -0.139. The molecular weight excluding hydrogens is 320 g/mol. The van der Waals surface area contributed by atoms with Gasteiger partial charge in [-0.15, -0.1) is 0 Å². The number of unbranched alkanes of at least 4 members (excludes halogenated alkanes) is 2. The van der Waals surface area contributed by atoms with Crippen LogP contribution in [0, 0.1) is 0 Å². The normalized spacial score (nSPS) is 11.7. The predicted molar refractivity (Wildman–Crippen MR) is 94.4 cm³/mol. The summed E-state index contributed by atoms with van der Waals surface area (Å²) in [5.41, 5.74) is 0.803. The maximum atomic E-state index is 11.5. The molecule has 0 aliphatic rings. The summed E-state index contributed by atoms with van der Waals surface area (Å²) in [6, 6.07) is 13.2. The van der Waals surface area contributed by atoms with Gasteiger partial charge in [-0.05, 0) is 36.2 Å². The number of carboxylic acids is 2. The van der Waals surface area contributed by atoms with Crippen molar-refractivity contribution in [1.29, 1.82) is 0 Å². The van der Waals surface area contributed by atoms with Gasteiger partial charge in [-0.2, -0.15) is 0 Å². The largest absolute Gasteiger partial charge is 0.481 e. The molecule has 132 valence electrons. The summed E-state index contributed by atoms with van der Waals surface area (Å²) in [4.78, 5) is 22.7. The van der Waals surface area contributed by atoms with Crippen LogP contribution in [0.1, 0.15) is 54.4 Å². The number of aromatic carboxylic acids is 1. The van der Waals surface area contributed by atoms with Crippen molar-refractivity contribution in [2.75, 3.05) is 0 Å². The molecule has 2 N–H and O–H groups in total. The second-order valence-electron chi connectivity index (χ2n) is 5.86. The Labute approximate surface area is 146 Å². The fourth-order valence-corrected chi connectivity index (χ4v) is 2.66. The van der Waals surface area contributed by atoms with E-state index >= 15 is 0 Å². The summed E-state index contributed by atoms with van der Waals surface area (Å²) in [5, 5.41) is 18.6. The van der Waals surface area contributed by atoms with Gasteiger partial charge in [-0.3, -0.25) is 4.79 Å². The average molecular weight is 342 g/mol. The lowest BCUT2D eigenvalue weighted by Crippen LogP contribution is -2.11. The minimum atomic E-state index is -1.06. The number of rotatable bonds is 9. The quantitative estimate of drug-likeness (QED) is 0.632. The van der Waals surface area contributed by atoms with Crippen molar-refractivity contribution in [2.24, 2.45) is 0 Å². The molecule has 0 spiro atoms. The first-order valence-corrected chi connectivity index (χ1v) is 8.36. The van der Waals surface area contributed by atoms with E-state index in [1.807, 2.05) is 0 Å². The van der Waals surface area contributed by atoms with Crippen LogP contribution in [0.15, 0.2) is 48.5 Å². The number of ether oxygens (including phenoxy) is 1. The second kappa shape index (κ2) is 8.87. The van der Waals surface area contributed by atoms with E-state index < -0.39 is 17.9 Å². The van der Waals surface area contributed by atoms with Crippen LogP contribution in [0.5, 0.6) is 11.5 Å². The third-order valence-electron chi connectivity index (χ3n) is 4.02. The fraction of sp³-hybridized carbons (Fsp3) is 0.300. The summed E-state index contributed by atoms with van der Waals surface area (Å²) >= 11 is 0. The van der Waals surface area contributed by atoms with Gasteiger partial charge in [0.05, 0.1) is 5.92 Å². The molecule has 0 bridgehead atoms. The van der Waals surface area contributed by atoms with Gasteiger partial charge in [0.15, 0.2) is 0 Å². The Morgan fingerprint density at radius 2 is 1.68 bits per heavy atom. The zero-order chi connectivity index (χ0) is 18.2. The number of hydrogen-bond acceptors (Lipinski definition) is 3. The SMILES string of the molecule is CCCCCC(C(=O)O)c1ccc(Oc2ccccc2C(=O)O)cc1. The van der Waals surface area contributed by atoms with Crippen LogP contribution < -0.4 is 4.74 Å². The van der Waals surface area contributed by atoms with Gasteiger partial charge < -0.3 is 14.9 Å². The highest BCUT2D eigenvalue weighted by atomic mass is 16.5. The van der Waals surface area contributed by atoms with Crippen LogP contribution in [0.3, 0.4) is 0 Å². The topological polar surface area (TPSA) is 83.8 Å². The van der Waals surface area contributed by atoms with E-state index in [1.165, 1.54) is 6.07 Å². The molecule has 0 aliphatic carbocycles. The van der Waals surface area contributed by atoms with Gasteiger partial charge in [0.1, 0.15) is 17.1 Å². The average Bonchev–Trinajstić information content (AvgIpc) is 2.60. The molecule has 0 saturated heterocycles. The van der Waals surface area contributed by atoms with E-state index in [1.54, 1.807) is 42.5 Å². The van der Waals surface area contributed by atoms with Crippen molar-refractivity contribution in [3.8, 4) is 11.5 Å². The molecule has 1 atom stereocenters. The highest BCUT2D eigenvalue weighted by molar-refractivity contribution is 5.90. The maximum Gasteiger partial charge on any atom is 0.339 e. The fourth-order valence-electron chi connectivity index (χ4n) is 2.66. The summed E-state index contributed by atoms with van der Waals surface area (Å²) in [7, 11) is 0. The second-order valence-corrected chi connectivity index (χ2v) is 5.86. The number of aliphatic carboxylic acids is 1. The first-order valence-electron chi connectivity index (χ1n) is 8.36. The van der Waals surface area contributed by atoms with Gasteiger partial charge in [0, 0.05) is 0 Å². The van der Waals surface area contributed by atoms with Crippen molar-refractivity contribution in [2.45, 2.75) is 38.5 Å². The lowest BCUT2D eigenvalue weighted by Gasteiger charge is -2.14. The first kappa shape index (κ1) is 18.5. The molecule has 0 saturated carbocycles. The van der Waals surface area contributed by atoms with E-state index in [9.17, 15) is 19.8 Å². The minimum absolute atomic E-state index is 0.0783. The molecule has 25 heavy (non-hydrogen) atoms. The van der Waals surface area contributed by atoms with Crippen LogP contribution in [-0.2, 0) is 4.79 Å². The Bertz CT molecular complexity index is 721. The molecule has 0 aromatic heterocycles. The van der Waals surface area contributed by atoms with Crippen molar-refractivity contribution < 1.29 is 24.5 Å². The first-order chi connectivity index (χ1) is 12.0. The third kappa shape index (κ3) is 5.08. The third-order valence-corrected chi connectivity index (χ3v) is 4.02. The maximum absolute atomic E-state index is 11.5. The minimum Gasteiger partial charge on any atom is -0.481 e. The Hall–Kier alpha value is -2.82. The van der Waals surface area contributed by atoms with Gasteiger partial charge in [0.2, 0.25) is 0 Å². The Balaban J connectivity index is 2.13. The van der Waals surface area contributed by atoms with Crippen LogP contribution in [0.25, 0.3) is 0 Å². The van der Waals surface area contributed by atoms with Crippen LogP contribution >= 0.6 is 0 Å². The van der Waals surface area contributed by atoms with Crippen molar-refractivity contribution >= 4 is 11.9 Å². The Kier molecular flexibility index (Phi) is 6.57. The van der Waals surface area contributed by atoms with Gasteiger partial charge >= 0.3 is 11.9 Å². The molecule has 0 fully saturated rings. The number of hydrogen-bond donors (Lipinski definition) is 2. The summed E-state index contributed by atoms with van der Waals surface area (Å²) in [6.07, 6.45) is 3.53. The standard InChI is InChI=1S/C20H22O5/c1-2-3-4-7-16(19(21)22)14-10-12-15(13-11-14)25-18-9-6-5-8-17(18)20(23)24/h5-6,8-13,16H,2-4,7H2,1H3,(H,21,22)(H,23,24). The highest BCUT2D eigenvalue weighted by Crippen LogP contribution is 2.28. The molecule has 0 radical (unpaired) electrons. The zero-order valence-electron chi connectivity index (χ0n) is 14.1. The molecule has 2 aromatic carbocycles. The van der Waals surface area contributed by atoms with E-state index in [0.29, 0.717) is 12.2 Å². The number of carbonyl (C=O) groups is 2. The predicted octanol–water partition coefficient (Wildman–Crippen LogP) is 4.93. The van der Waals surface area contributed by atoms with E-state index in [0.717, 1.165) is 24.8 Å². The Morgan fingerprint density at radius 1 is 1.00 bits per heavy atom. The van der Waals surface area contributed by atoms with Crippen LogP contribution in [-0.4, -0.2) is 22.2 Å². The summed E-state index contributed by atoms with van der Waals surface area (Å²) in [5.74, 6) is -1.71. The van der Waals surface area contributed by atoms with E-state index in [-0.39, 0.29) is 11.3 Å². The Morgan fingerprint density at radius 3 is 2.28 bits per heavy atom. The van der Waals surface area contributed by atoms with Gasteiger partial charge in [0.25, 0.3) is 0 Å². The number of benzene rings is 2. The summed E-state index contributed by atoms with van der Waals surface area (Å²) < 4.78 is 5.64. The van der Waals surface area contributed by atoms with Crippen molar-refractivity contribution in [3.63, 3.8) is 0 Å². The number of carboxylic acid groups (broad SMARTS) is 2.